The maximum absolute atomic E-state index is 11.5. The molecule has 0 unspecified atom stereocenters. The topological polar surface area (TPSA) is 35.5 Å². The standard InChI is InChI=1S/C14H16O3/c1-4-5-10-16-13-8-6-12(7-9-13)14(15)17-11(2)3/h6-9,11H,10H2,1-3H3. The molecule has 0 aliphatic heterocycles. The van der Waals surface area contributed by atoms with Gasteiger partial charge in [0.15, 0.2) is 0 Å². The molecule has 1 aromatic rings. The predicted octanol–water partition coefficient (Wildman–Crippen LogP) is 2.65. The van der Waals surface area contributed by atoms with Gasteiger partial charge in [-0.05, 0) is 45.0 Å². The van der Waals surface area contributed by atoms with Gasteiger partial charge in [0.25, 0.3) is 0 Å². The zero-order chi connectivity index (χ0) is 12.7. The molecular weight excluding hydrogens is 216 g/mol. The molecule has 17 heavy (non-hydrogen) atoms. The average Bonchev–Trinajstić information content (AvgIpc) is 2.29. The molecular formula is C14H16O3. The summed E-state index contributed by atoms with van der Waals surface area (Å²) in [6, 6.07) is 6.82. The van der Waals surface area contributed by atoms with E-state index in [-0.39, 0.29) is 12.1 Å². The Labute approximate surface area is 102 Å². The molecule has 0 saturated carbocycles. The van der Waals surface area contributed by atoms with Crippen LogP contribution < -0.4 is 4.74 Å². The van der Waals surface area contributed by atoms with E-state index in [1.165, 1.54) is 0 Å². The Morgan fingerprint density at radius 1 is 1.29 bits per heavy atom. The first kappa shape index (κ1) is 13.1. The highest BCUT2D eigenvalue weighted by Crippen LogP contribution is 2.13. The Kier molecular flexibility index (Phi) is 5.09. The van der Waals surface area contributed by atoms with Gasteiger partial charge in [0.05, 0.1) is 11.7 Å². The number of esters is 1. The molecule has 0 aliphatic carbocycles. The van der Waals surface area contributed by atoms with E-state index in [2.05, 4.69) is 11.8 Å². The molecule has 3 nitrogen and oxygen atoms in total. The van der Waals surface area contributed by atoms with Crippen LogP contribution >= 0.6 is 0 Å². The van der Waals surface area contributed by atoms with E-state index in [4.69, 9.17) is 9.47 Å². The van der Waals surface area contributed by atoms with E-state index >= 15 is 0 Å². The zero-order valence-corrected chi connectivity index (χ0v) is 10.3. The summed E-state index contributed by atoms with van der Waals surface area (Å²) in [5.74, 6) is 5.91. The molecule has 3 heteroatoms. The molecule has 0 radical (unpaired) electrons. The molecule has 0 N–H and O–H groups in total. The average molecular weight is 232 g/mol. The normalized spacial score (nSPS) is 9.41. The first-order valence-corrected chi connectivity index (χ1v) is 5.47. The van der Waals surface area contributed by atoms with Crippen molar-refractivity contribution in [1.29, 1.82) is 0 Å². The third kappa shape index (κ3) is 4.60. The SMILES string of the molecule is CC#CCOc1ccc(C(=O)OC(C)C)cc1. The molecule has 1 rings (SSSR count). The highest BCUT2D eigenvalue weighted by Gasteiger charge is 2.08. The van der Waals surface area contributed by atoms with Crippen LogP contribution in [0.1, 0.15) is 31.1 Å². The minimum Gasteiger partial charge on any atom is -0.481 e. The van der Waals surface area contributed by atoms with Crippen LogP contribution in [0.5, 0.6) is 5.75 Å². The van der Waals surface area contributed by atoms with Crippen molar-refractivity contribution in [2.24, 2.45) is 0 Å². The van der Waals surface area contributed by atoms with Crippen LogP contribution in [0.25, 0.3) is 0 Å². The molecule has 0 heterocycles. The molecule has 0 spiro atoms. The smallest absolute Gasteiger partial charge is 0.338 e. The fourth-order valence-corrected chi connectivity index (χ4v) is 1.16. The second-order valence-corrected chi connectivity index (χ2v) is 3.69. The van der Waals surface area contributed by atoms with Crippen molar-refractivity contribution >= 4 is 5.97 Å². The number of carbonyl (C=O) groups excluding carboxylic acids is 1. The van der Waals surface area contributed by atoms with E-state index in [1.807, 2.05) is 13.8 Å². The third-order valence-corrected chi connectivity index (χ3v) is 1.92. The lowest BCUT2D eigenvalue weighted by molar-refractivity contribution is 0.0378. The van der Waals surface area contributed by atoms with Crippen molar-refractivity contribution in [3.63, 3.8) is 0 Å². The fraction of sp³-hybridized carbons (Fsp3) is 0.357. The summed E-state index contributed by atoms with van der Waals surface area (Å²) >= 11 is 0. The van der Waals surface area contributed by atoms with Crippen LogP contribution in [-0.4, -0.2) is 18.7 Å². The highest BCUT2D eigenvalue weighted by molar-refractivity contribution is 5.89. The quantitative estimate of drug-likeness (QED) is 0.591. The first-order valence-electron chi connectivity index (χ1n) is 5.47. The monoisotopic (exact) mass is 232 g/mol. The highest BCUT2D eigenvalue weighted by atomic mass is 16.5. The van der Waals surface area contributed by atoms with Gasteiger partial charge in [-0.3, -0.25) is 0 Å². The van der Waals surface area contributed by atoms with Gasteiger partial charge in [-0.1, -0.05) is 5.92 Å². The van der Waals surface area contributed by atoms with Gasteiger partial charge < -0.3 is 9.47 Å². The molecule has 0 amide bonds. The van der Waals surface area contributed by atoms with Crippen LogP contribution in [0.2, 0.25) is 0 Å². The van der Waals surface area contributed by atoms with E-state index in [0.717, 1.165) is 0 Å². The predicted molar refractivity (Wildman–Crippen MR) is 65.9 cm³/mol. The summed E-state index contributed by atoms with van der Waals surface area (Å²) in [5.41, 5.74) is 0.521. The van der Waals surface area contributed by atoms with Crippen LogP contribution in [0.4, 0.5) is 0 Å². The Balaban J connectivity index is 2.60. The molecule has 0 atom stereocenters. The van der Waals surface area contributed by atoms with Crippen LogP contribution in [0.3, 0.4) is 0 Å². The van der Waals surface area contributed by atoms with Crippen molar-refractivity contribution in [1.82, 2.24) is 0 Å². The van der Waals surface area contributed by atoms with E-state index in [9.17, 15) is 4.79 Å². The number of hydrogen-bond donors (Lipinski definition) is 0. The van der Waals surface area contributed by atoms with Gasteiger partial charge in [-0.25, -0.2) is 4.79 Å². The minimum absolute atomic E-state index is 0.113. The van der Waals surface area contributed by atoms with Gasteiger partial charge in [0, 0.05) is 0 Å². The summed E-state index contributed by atoms with van der Waals surface area (Å²) in [5, 5.41) is 0. The van der Waals surface area contributed by atoms with Crippen LogP contribution in [-0.2, 0) is 4.74 Å². The second-order valence-electron chi connectivity index (χ2n) is 3.69. The van der Waals surface area contributed by atoms with Crippen molar-refractivity contribution in [3.8, 4) is 17.6 Å². The molecule has 0 aromatic heterocycles. The maximum atomic E-state index is 11.5. The summed E-state index contributed by atoms with van der Waals surface area (Å²) in [6.45, 7) is 5.75. The van der Waals surface area contributed by atoms with Gasteiger partial charge in [-0.15, -0.1) is 5.92 Å². The largest absolute Gasteiger partial charge is 0.481 e. The number of ether oxygens (including phenoxy) is 2. The Bertz CT molecular complexity index is 421. The minimum atomic E-state index is -0.320. The van der Waals surface area contributed by atoms with Gasteiger partial charge in [-0.2, -0.15) is 0 Å². The maximum Gasteiger partial charge on any atom is 0.338 e. The van der Waals surface area contributed by atoms with E-state index in [1.54, 1.807) is 31.2 Å². The summed E-state index contributed by atoms with van der Waals surface area (Å²) in [4.78, 5) is 11.5. The fourth-order valence-electron chi connectivity index (χ4n) is 1.16. The number of carbonyl (C=O) groups is 1. The number of hydrogen-bond acceptors (Lipinski definition) is 3. The van der Waals surface area contributed by atoms with Gasteiger partial charge >= 0.3 is 5.97 Å². The first-order chi connectivity index (χ1) is 8.13. The summed E-state index contributed by atoms with van der Waals surface area (Å²) < 4.78 is 10.4. The molecule has 0 fully saturated rings. The van der Waals surface area contributed by atoms with Crippen molar-refractivity contribution in [3.05, 3.63) is 29.8 Å². The molecule has 0 saturated heterocycles. The van der Waals surface area contributed by atoms with Gasteiger partial charge in [0.1, 0.15) is 12.4 Å². The van der Waals surface area contributed by atoms with Gasteiger partial charge in [0.2, 0.25) is 0 Å². The lowest BCUT2D eigenvalue weighted by atomic mass is 10.2. The second kappa shape index (κ2) is 6.59. The Hall–Kier alpha value is -1.95. The molecule has 0 bridgehead atoms. The Morgan fingerprint density at radius 2 is 1.94 bits per heavy atom. The third-order valence-electron chi connectivity index (χ3n) is 1.92. The zero-order valence-electron chi connectivity index (χ0n) is 10.3. The van der Waals surface area contributed by atoms with Crippen LogP contribution in [0, 0.1) is 11.8 Å². The van der Waals surface area contributed by atoms with Crippen LogP contribution in [0.15, 0.2) is 24.3 Å². The number of rotatable bonds is 4. The molecule has 1 aromatic carbocycles. The molecule has 90 valence electrons. The van der Waals surface area contributed by atoms with E-state index in [0.29, 0.717) is 17.9 Å². The summed E-state index contributed by atoms with van der Waals surface area (Å²) in [7, 11) is 0. The lowest BCUT2D eigenvalue weighted by Crippen LogP contribution is -2.11. The van der Waals surface area contributed by atoms with Crippen molar-refractivity contribution in [2.45, 2.75) is 26.9 Å². The number of benzene rings is 1. The van der Waals surface area contributed by atoms with Crippen molar-refractivity contribution in [2.75, 3.05) is 6.61 Å². The van der Waals surface area contributed by atoms with Crippen molar-refractivity contribution < 1.29 is 14.3 Å². The lowest BCUT2D eigenvalue weighted by Gasteiger charge is -2.08. The molecule has 0 aliphatic rings. The van der Waals surface area contributed by atoms with E-state index < -0.39 is 0 Å². The Morgan fingerprint density at radius 3 is 2.47 bits per heavy atom. The summed E-state index contributed by atoms with van der Waals surface area (Å²) in [6.07, 6.45) is -0.113.